The van der Waals surface area contributed by atoms with Gasteiger partial charge in [-0.15, -0.1) is 0 Å². The van der Waals surface area contributed by atoms with Crippen molar-refractivity contribution in [2.24, 2.45) is 0 Å². The second-order valence-corrected chi connectivity index (χ2v) is 12.6. The topological polar surface area (TPSA) is 131 Å². The van der Waals surface area contributed by atoms with Crippen LogP contribution < -0.4 is 0 Å². The van der Waals surface area contributed by atoms with Crippen LogP contribution in [-0.2, 0) is 20.9 Å². The molecular formula is C39H36O7P2. The maximum Gasteiger partial charge on any atom is 0.334 e. The van der Waals surface area contributed by atoms with E-state index in [-0.39, 0.29) is 0 Å². The van der Waals surface area contributed by atoms with Gasteiger partial charge in [-0.25, -0.2) is 4.31 Å². The Morgan fingerprint density at radius 1 is 0.333 bits per heavy atom. The Balaban J connectivity index is 0.000000582. The van der Waals surface area contributed by atoms with Gasteiger partial charge < -0.3 is 29.8 Å². The molecule has 0 bridgehead atoms. The predicted molar refractivity (Wildman–Crippen MR) is 189 cm³/mol. The number of benzene rings is 6. The monoisotopic (exact) mass is 678 g/mol. The molecule has 0 spiro atoms. The molecule has 0 aromatic heterocycles. The standard InChI is InChI=1S/C39H32O2.H4O5P2/c40-38(34-25-13-4-14-26-34,35-27-15-5-16-28-35)39(41,36-29-17-6-18-30-36)37(31-19-7-1-8-20-31,32-21-9-2-10-22-32)33-23-11-3-12-24-33;1-6(2)5-7(3)4/h1-30,40-41H;1-4H. The summed E-state index contributed by atoms with van der Waals surface area (Å²) in [5, 5.41) is 27.7. The van der Waals surface area contributed by atoms with Crippen LogP contribution in [0.3, 0.4) is 0 Å². The Morgan fingerprint density at radius 2 is 0.562 bits per heavy atom. The molecule has 7 nitrogen and oxygen atoms in total. The molecule has 244 valence electrons. The van der Waals surface area contributed by atoms with Crippen molar-refractivity contribution in [2.45, 2.75) is 16.6 Å². The third-order valence-electron chi connectivity index (χ3n) is 8.41. The number of aliphatic hydroxyl groups is 2. The van der Waals surface area contributed by atoms with E-state index in [1.54, 1.807) is 0 Å². The van der Waals surface area contributed by atoms with Gasteiger partial charge in [0.1, 0.15) is 11.2 Å². The van der Waals surface area contributed by atoms with Gasteiger partial charge in [-0.2, -0.15) is 0 Å². The fraction of sp³-hybridized carbons (Fsp3) is 0.0769. The third-order valence-corrected chi connectivity index (χ3v) is 9.58. The minimum absolute atomic E-state index is 0.588. The third kappa shape index (κ3) is 6.75. The van der Waals surface area contributed by atoms with Crippen molar-refractivity contribution in [3.05, 3.63) is 215 Å². The van der Waals surface area contributed by atoms with E-state index in [0.29, 0.717) is 16.7 Å². The summed E-state index contributed by atoms with van der Waals surface area (Å²) in [6, 6.07) is 58.8. The molecule has 1 unspecified atom stereocenters. The van der Waals surface area contributed by atoms with E-state index < -0.39 is 33.8 Å². The zero-order valence-corrected chi connectivity index (χ0v) is 27.6. The van der Waals surface area contributed by atoms with E-state index in [1.807, 2.05) is 182 Å². The van der Waals surface area contributed by atoms with Crippen LogP contribution in [0.25, 0.3) is 0 Å². The number of rotatable bonds is 10. The maximum atomic E-state index is 14.1. The lowest BCUT2D eigenvalue weighted by Crippen LogP contribution is -2.63. The van der Waals surface area contributed by atoms with Crippen LogP contribution in [0, 0.1) is 0 Å². The van der Waals surface area contributed by atoms with E-state index >= 15 is 0 Å². The van der Waals surface area contributed by atoms with Gasteiger partial charge in [0.25, 0.3) is 0 Å². The normalized spacial score (nSPS) is 13.0. The SMILES string of the molecule is OC(c1ccccc1)(c1ccccc1)C(O)(c1ccccc1)C(c1ccccc1)(c1ccccc1)c1ccccc1.OP(O)OP(O)O. The molecule has 0 aliphatic rings. The summed E-state index contributed by atoms with van der Waals surface area (Å²) in [5.41, 5.74) is -0.802. The van der Waals surface area contributed by atoms with Crippen molar-refractivity contribution in [3.63, 3.8) is 0 Å². The molecule has 1 atom stereocenters. The quantitative estimate of drug-likeness (QED) is 0.0664. The van der Waals surface area contributed by atoms with Crippen molar-refractivity contribution >= 4 is 17.2 Å². The predicted octanol–water partition coefficient (Wildman–Crippen LogP) is 7.27. The summed E-state index contributed by atoms with van der Waals surface area (Å²) in [4.78, 5) is 31.3. The molecule has 48 heavy (non-hydrogen) atoms. The maximum absolute atomic E-state index is 14.1. The molecule has 0 radical (unpaired) electrons. The molecule has 0 fully saturated rings. The number of hydrogen-bond acceptors (Lipinski definition) is 7. The summed E-state index contributed by atoms with van der Waals surface area (Å²) in [5.74, 6) is 0. The van der Waals surface area contributed by atoms with Gasteiger partial charge in [0.05, 0.1) is 5.41 Å². The van der Waals surface area contributed by atoms with Crippen molar-refractivity contribution in [2.75, 3.05) is 0 Å². The van der Waals surface area contributed by atoms with Gasteiger partial charge in [-0.3, -0.25) is 0 Å². The lowest BCUT2D eigenvalue weighted by Gasteiger charge is -2.56. The fourth-order valence-corrected chi connectivity index (χ4v) is 7.10. The molecule has 6 aromatic carbocycles. The van der Waals surface area contributed by atoms with Gasteiger partial charge in [0.2, 0.25) is 0 Å². The summed E-state index contributed by atoms with van der Waals surface area (Å²) in [6.07, 6.45) is 0. The highest BCUT2D eigenvalue weighted by molar-refractivity contribution is 7.53. The van der Waals surface area contributed by atoms with Crippen molar-refractivity contribution < 1.29 is 34.1 Å². The van der Waals surface area contributed by atoms with E-state index in [0.717, 1.165) is 16.7 Å². The van der Waals surface area contributed by atoms with Gasteiger partial charge >= 0.3 is 17.2 Å². The zero-order valence-electron chi connectivity index (χ0n) is 25.8. The van der Waals surface area contributed by atoms with Crippen molar-refractivity contribution in [1.29, 1.82) is 0 Å². The Kier molecular flexibility index (Phi) is 11.6. The Labute approximate surface area is 282 Å². The minimum Gasteiger partial charge on any atom is -0.380 e. The second kappa shape index (κ2) is 15.9. The first kappa shape index (κ1) is 35.2. The Hall–Kier alpha value is -4.10. The largest absolute Gasteiger partial charge is 0.380 e. The van der Waals surface area contributed by atoms with E-state index in [1.165, 1.54) is 0 Å². The Bertz CT molecular complexity index is 1670. The summed E-state index contributed by atoms with van der Waals surface area (Å²) in [6.45, 7) is 0. The molecule has 9 heteroatoms. The van der Waals surface area contributed by atoms with E-state index in [2.05, 4.69) is 4.31 Å². The number of hydrogen-bond donors (Lipinski definition) is 6. The second-order valence-electron chi connectivity index (χ2n) is 11.0. The summed E-state index contributed by atoms with van der Waals surface area (Å²) in [7, 11) is -5.22. The lowest BCUT2D eigenvalue weighted by molar-refractivity contribution is -0.168. The van der Waals surface area contributed by atoms with E-state index in [4.69, 9.17) is 19.6 Å². The fourth-order valence-electron chi connectivity index (χ4n) is 6.58. The average Bonchev–Trinajstić information content (AvgIpc) is 3.13. The van der Waals surface area contributed by atoms with Crippen molar-refractivity contribution in [3.8, 4) is 0 Å². The highest BCUT2D eigenvalue weighted by Crippen LogP contribution is 2.61. The van der Waals surface area contributed by atoms with Crippen LogP contribution in [0.15, 0.2) is 182 Å². The van der Waals surface area contributed by atoms with Crippen LogP contribution in [0.1, 0.15) is 33.4 Å². The first-order chi connectivity index (χ1) is 23.3. The molecule has 6 N–H and O–H groups in total. The summed E-state index contributed by atoms with van der Waals surface area (Å²) < 4.78 is 3.60. The van der Waals surface area contributed by atoms with Crippen LogP contribution >= 0.6 is 17.2 Å². The Morgan fingerprint density at radius 3 is 0.792 bits per heavy atom. The average molecular weight is 679 g/mol. The van der Waals surface area contributed by atoms with Crippen LogP contribution in [0.4, 0.5) is 0 Å². The molecule has 0 aliphatic carbocycles. The van der Waals surface area contributed by atoms with Gasteiger partial charge in [0, 0.05) is 0 Å². The van der Waals surface area contributed by atoms with Gasteiger partial charge in [-0.05, 0) is 33.4 Å². The highest BCUT2D eigenvalue weighted by atomic mass is 31.2. The highest BCUT2D eigenvalue weighted by Gasteiger charge is 2.66. The molecular weight excluding hydrogens is 642 g/mol. The van der Waals surface area contributed by atoms with Crippen LogP contribution in [0.2, 0.25) is 0 Å². The first-order valence-electron chi connectivity index (χ1n) is 15.1. The molecule has 0 saturated heterocycles. The van der Waals surface area contributed by atoms with Crippen LogP contribution in [0.5, 0.6) is 0 Å². The molecule has 0 heterocycles. The lowest BCUT2D eigenvalue weighted by atomic mass is 9.50. The van der Waals surface area contributed by atoms with Crippen LogP contribution in [-0.4, -0.2) is 29.8 Å². The zero-order chi connectivity index (χ0) is 34.0. The molecule has 6 aromatic rings. The molecule has 0 amide bonds. The van der Waals surface area contributed by atoms with Gasteiger partial charge in [0.15, 0.2) is 0 Å². The molecule has 6 rings (SSSR count). The minimum atomic E-state index is -2.61. The van der Waals surface area contributed by atoms with Crippen molar-refractivity contribution in [1.82, 2.24) is 0 Å². The molecule has 0 saturated carbocycles. The molecule has 0 aliphatic heterocycles. The van der Waals surface area contributed by atoms with E-state index in [9.17, 15) is 10.2 Å². The first-order valence-corrected chi connectivity index (χ1v) is 17.4. The van der Waals surface area contributed by atoms with Gasteiger partial charge in [-0.1, -0.05) is 182 Å². The smallest absolute Gasteiger partial charge is 0.334 e. The summed E-state index contributed by atoms with van der Waals surface area (Å²) >= 11 is 0.